The van der Waals surface area contributed by atoms with Gasteiger partial charge in [0.1, 0.15) is 5.75 Å². The number of ether oxygens (including phenoxy) is 1. The summed E-state index contributed by atoms with van der Waals surface area (Å²) in [4.78, 5) is 15.9. The van der Waals surface area contributed by atoms with Gasteiger partial charge in [0, 0.05) is 16.8 Å². The van der Waals surface area contributed by atoms with Gasteiger partial charge in [-0.15, -0.1) is 0 Å². The lowest BCUT2D eigenvalue weighted by Crippen LogP contribution is -1.99. The number of nitrogens with zero attached hydrogens (tertiary/aromatic N) is 1. The molecule has 0 atom stereocenters. The molecule has 0 fully saturated rings. The number of benzene rings is 1. The summed E-state index contributed by atoms with van der Waals surface area (Å²) < 4.78 is 5.48. The summed E-state index contributed by atoms with van der Waals surface area (Å²) in [5.74, 6) is 0.870. The third-order valence-corrected chi connectivity index (χ3v) is 2.91. The molecule has 0 radical (unpaired) electrons. The number of ketones is 1. The van der Waals surface area contributed by atoms with E-state index in [0.717, 1.165) is 22.7 Å². The lowest BCUT2D eigenvalue weighted by molar-refractivity contribution is 0.101. The number of Topliss-reactive ketones (excluding diaryl/α,β-unsaturated/α-hetero) is 1. The number of rotatable bonds is 4. The van der Waals surface area contributed by atoms with E-state index in [1.54, 1.807) is 6.92 Å². The monoisotopic (exact) mass is 255 g/mol. The molecule has 19 heavy (non-hydrogen) atoms. The van der Waals surface area contributed by atoms with Gasteiger partial charge in [-0.3, -0.25) is 9.78 Å². The Kier molecular flexibility index (Phi) is 3.95. The molecule has 2 aromatic rings. The number of carbonyl (C=O) groups excluding carboxylic acids is 1. The minimum Gasteiger partial charge on any atom is -0.494 e. The van der Waals surface area contributed by atoms with Crippen molar-refractivity contribution in [2.75, 3.05) is 6.61 Å². The van der Waals surface area contributed by atoms with E-state index in [1.165, 1.54) is 0 Å². The summed E-state index contributed by atoms with van der Waals surface area (Å²) in [7, 11) is 0. The van der Waals surface area contributed by atoms with Gasteiger partial charge in [0.15, 0.2) is 5.78 Å². The van der Waals surface area contributed by atoms with Crippen LogP contribution in [0, 0.1) is 6.92 Å². The van der Waals surface area contributed by atoms with Gasteiger partial charge in [0.05, 0.1) is 12.3 Å². The highest BCUT2D eigenvalue weighted by molar-refractivity contribution is 5.95. The van der Waals surface area contributed by atoms with E-state index < -0.39 is 0 Å². The van der Waals surface area contributed by atoms with Crippen LogP contribution in [0.15, 0.2) is 36.4 Å². The predicted molar refractivity (Wildman–Crippen MR) is 75.6 cm³/mol. The number of pyridine rings is 1. The maximum Gasteiger partial charge on any atom is 0.161 e. The zero-order valence-corrected chi connectivity index (χ0v) is 11.4. The molecule has 0 saturated carbocycles. The van der Waals surface area contributed by atoms with E-state index >= 15 is 0 Å². The smallest absolute Gasteiger partial charge is 0.161 e. The normalized spacial score (nSPS) is 10.3. The van der Waals surface area contributed by atoms with Crippen molar-refractivity contribution in [3.05, 3.63) is 47.7 Å². The SMILES string of the molecule is CCOc1cccc(-c2ccc(C(C)=O)c(C)n2)c1. The second-order valence-electron chi connectivity index (χ2n) is 4.35. The zero-order valence-electron chi connectivity index (χ0n) is 11.4. The second-order valence-corrected chi connectivity index (χ2v) is 4.35. The molecule has 0 saturated heterocycles. The Morgan fingerprint density at radius 3 is 2.68 bits per heavy atom. The van der Waals surface area contributed by atoms with Gasteiger partial charge in [-0.25, -0.2) is 0 Å². The van der Waals surface area contributed by atoms with Crippen LogP contribution >= 0.6 is 0 Å². The van der Waals surface area contributed by atoms with Crippen LogP contribution < -0.4 is 4.74 Å². The zero-order chi connectivity index (χ0) is 13.8. The van der Waals surface area contributed by atoms with E-state index in [0.29, 0.717) is 12.2 Å². The third-order valence-electron chi connectivity index (χ3n) is 2.91. The Bertz CT molecular complexity index is 605. The van der Waals surface area contributed by atoms with Crippen molar-refractivity contribution in [2.45, 2.75) is 20.8 Å². The number of aryl methyl sites for hydroxylation is 1. The molecule has 1 aromatic heterocycles. The lowest BCUT2D eigenvalue weighted by atomic mass is 10.1. The number of carbonyl (C=O) groups is 1. The summed E-state index contributed by atoms with van der Waals surface area (Å²) in [6.45, 7) is 6.00. The van der Waals surface area contributed by atoms with E-state index in [-0.39, 0.29) is 5.78 Å². The average Bonchev–Trinajstić information content (AvgIpc) is 2.39. The van der Waals surface area contributed by atoms with Crippen molar-refractivity contribution in [1.29, 1.82) is 0 Å². The van der Waals surface area contributed by atoms with Crippen LogP contribution in [0.5, 0.6) is 5.75 Å². The van der Waals surface area contributed by atoms with Gasteiger partial charge in [-0.05, 0) is 45.0 Å². The van der Waals surface area contributed by atoms with Crippen LogP contribution in [0.25, 0.3) is 11.3 Å². The highest BCUT2D eigenvalue weighted by Crippen LogP contribution is 2.23. The first-order chi connectivity index (χ1) is 9.11. The maximum atomic E-state index is 11.4. The highest BCUT2D eigenvalue weighted by Gasteiger charge is 2.07. The Hall–Kier alpha value is -2.16. The molecular formula is C16H17NO2. The van der Waals surface area contributed by atoms with Crippen LogP contribution in [0.4, 0.5) is 0 Å². The molecule has 0 bridgehead atoms. The van der Waals surface area contributed by atoms with Crippen LogP contribution in [0.1, 0.15) is 29.9 Å². The number of hydrogen-bond acceptors (Lipinski definition) is 3. The van der Waals surface area contributed by atoms with Crippen molar-refractivity contribution < 1.29 is 9.53 Å². The van der Waals surface area contributed by atoms with Crippen molar-refractivity contribution in [3.63, 3.8) is 0 Å². The maximum absolute atomic E-state index is 11.4. The first-order valence-electron chi connectivity index (χ1n) is 6.33. The third kappa shape index (κ3) is 2.99. The molecule has 0 aliphatic heterocycles. The minimum atomic E-state index is 0.0413. The van der Waals surface area contributed by atoms with E-state index in [1.807, 2.05) is 50.2 Å². The van der Waals surface area contributed by atoms with Gasteiger partial charge in [0.25, 0.3) is 0 Å². The molecule has 98 valence electrons. The summed E-state index contributed by atoms with van der Waals surface area (Å²) in [5.41, 5.74) is 3.27. The molecule has 0 spiro atoms. The first kappa shape index (κ1) is 13.3. The van der Waals surface area contributed by atoms with Gasteiger partial charge < -0.3 is 4.74 Å². The Morgan fingerprint density at radius 2 is 2.05 bits per heavy atom. The largest absolute Gasteiger partial charge is 0.494 e. The summed E-state index contributed by atoms with van der Waals surface area (Å²) in [6.07, 6.45) is 0. The molecular weight excluding hydrogens is 238 g/mol. The fourth-order valence-electron chi connectivity index (χ4n) is 2.01. The summed E-state index contributed by atoms with van der Waals surface area (Å²) in [5, 5.41) is 0. The van der Waals surface area contributed by atoms with Gasteiger partial charge in [0.2, 0.25) is 0 Å². The summed E-state index contributed by atoms with van der Waals surface area (Å²) >= 11 is 0. The Labute approximate surface area is 113 Å². The molecule has 2 rings (SSSR count). The topological polar surface area (TPSA) is 39.2 Å². The Morgan fingerprint density at radius 1 is 1.26 bits per heavy atom. The van der Waals surface area contributed by atoms with Crippen LogP contribution in [0.3, 0.4) is 0 Å². The van der Waals surface area contributed by atoms with Crippen LogP contribution in [-0.4, -0.2) is 17.4 Å². The molecule has 0 unspecified atom stereocenters. The Balaban J connectivity index is 2.39. The standard InChI is InChI=1S/C16H17NO2/c1-4-19-14-7-5-6-13(10-14)16-9-8-15(12(3)18)11(2)17-16/h5-10H,4H2,1-3H3. The van der Waals surface area contributed by atoms with Crippen LogP contribution in [0.2, 0.25) is 0 Å². The van der Waals surface area contributed by atoms with Crippen LogP contribution in [-0.2, 0) is 0 Å². The quantitative estimate of drug-likeness (QED) is 0.783. The average molecular weight is 255 g/mol. The second kappa shape index (κ2) is 5.65. The molecule has 3 heteroatoms. The lowest BCUT2D eigenvalue weighted by Gasteiger charge is -2.08. The van der Waals surface area contributed by atoms with E-state index in [2.05, 4.69) is 4.98 Å². The first-order valence-corrected chi connectivity index (χ1v) is 6.33. The van der Waals surface area contributed by atoms with E-state index in [9.17, 15) is 4.79 Å². The number of hydrogen-bond donors (Lipinski definition) is 0. The predicted octanol–water partition coefficient (Wildman–Crippen LogP) is 3.66. The van der Waals surface area contributed by atoms with Crippen molar-refractivity contribution in [1.82, 2.24) is 4.98 Å². The fraction of sp³-hybridized carbons (Fsp3) is 0.250. The molecule has 0 aliphatic carbocycles. The van der Waals surface area contributed by atoms with Gasteiger partial charge in [-0.1, -0.05) is 12.1 Å². The molecule has 1 aromatic carbocycles. The minimum absolute atomic E-state index is 0.0413. The molecule has 0 amide bonds. The van der Waals surface area contributed by atoms with E-state index in [4.69, 9.17) is 4.74 Å². The fourth-order valence-corrected chi connectivity index (χ4v) is 2.01. The number of aromatic nitrogens is 1. The van der Waals surface area contributed by atoms with Crippen molar-refractivity contribution in [3.8, 4) is 17.0 Å². The van der Waals surface area contributed by atoms with Gasteiger partial charge in [-0.2, -0.15) is 0 Å². The van der Waals surface area contributed by atoms with Crippen molar-refractivity contribution >= 4 is 5.78 Å². The van der Waals surface area contributed by atoms with Gasteiger partial charge >= 0.3 is 0 Å². The summed E-state index contributed by atoms with van der Waals surface area (Å²) in [6, 6.07) is 11.5. The van der Waals surface area contributed by atoms with Crippen molar-refractivity contribution in [2.24, 2.45) is 0 Å². The molecule has 0 N–H and O–H groups in total. The molecule has 3 nitrogen and oxygen atoms in total. The highest BCUT2D eigenvalue weighted by atomic mass is 16.5. The molecule has 0 aliphatic rings. The molecule has 1 heterocycles.